The molecular weight excluding hydrogens is 166 g/mol. The summed E-state index contributed by atoms with van der Waals surface area (Å²) in [7, 11) is 2.33. The molecule has 2 heteroatoms. The average molecular weight is 182 g/mol. The molecule has 64 valence electrons. The number of hydrogen-bond acceptors (Lipinski definition) is 0. The Balaban J connectivity index is 0.00000144. The molecule has 0 atom stereocenters. The monoisotopic (exact) mass is 182 g/mol. The molecule has 0 aliphatic heterocycles. The minimum Gasteiger partial charge on any atom is -0.0849 e. The van der Waals surface area contributed by atoms with Gasteiger partial charge in [0.2, 0.25) is 0 Å². The minimum atomic E-state index is 0. The maximum Gasteiger partial charge on any atom is 0.151 e. The fourth-order valence-corrected chi connectivity index (χ4v) is 1.28. The van der Waals surface area contributed by atoms with Crippen LogP contribution >= 0.6 is 0 Å². The molecule has 0 nitrogen and oxygen atoms in total. The number of unbranched alkanes of at least 4 members (excludes halogenated alkanes) is 1. The summed E-state index contributed by atoms with van der Waals surface area (Å²) in [5, 5.41) is 0. The second kappa shape index (κ2) is 7.67. The molecule has 0 bridgehead atoms. The van der Waals surface area contributed by atoms with Gasteiger partial charge in [-0.3, -0.25) is 0 Å². The third-order valence-electron chi connectivity index (χ3n) is 2.11. The Morgan fingerprint density at radius 2 is 1.92 bits per heavy atom. The SMILES string of the molecule is CCCC[B]c1ccccc1C.[Na]. The summed E-state index contributed by atoms with van der Waals surface area (Å²) in [6, 6.07) is 8.54. The first kappa shape index (κ1) is 13.3. The molecule has 0 aliphatic rings. The van der Waals surface area contributed by atoms with E-state index in [1.54, 1.807) is 0 Å². The molecule has 0 saturated carbocycles. The molecule has 0 unspecified atom stereocenters. The second-order valence-electron chi connectivity index (χ2n) is 3.20. The van der Waals surface area contributed by atoms with Crippen LogP contribution in [0.1, 0.15) is 25.3 Å². The molecule has 0 spiro atoms. The van der Waals surface area contributed by atoms with Crippen molar-refractivity contribution in [2.24, 2.45) is 0 Å². The van der Waals surface area contributed by atoms with E-state index in [0.29, 0.717) is 0 Å². The molecule has 1 aromatic carbocycles. The van der Waals surface area contributed by atoms with Gasteiger partial charge >= 0.3 is 0 Å². The topological polar surface area (TPSA) is 0 Å². The number of aryl methyl sites for hydroxylation is 1. The Morgan fingerprint density at radius 3 is 2.54 bits per heavy atom. The number of hydrogen-bond donors (Lipinski definition) is 0. The van der Waals surface area contributed by atoms with Crippen molar-refractivity contribution in [3.8, 4) is 0 Å². The molecule has 0 heterocycles. The van der Waals surface area contributed by atoms with Crippen molar-refractivity contribution in [2.45, 2.75) is 33.0 Å². The van der Waals surface area contributed by atoms with Crippen LogP contribution in [0.15, 0.2) is 24.3 Å². The van der Waals surface area contributed by atoms with Gasteiger partial charge < -0.3 is 0 Å². The van der Waals surface area contributed by atoms with Crippen molar-refractivity contribution >= 4 is 42.3 Å². The van der Waals surface area contributed by atoms with Gasteiger partial charge in [0.05, 0.1) is 0 Å². The molecule has 0 N–H and O–H groups in total. The van der Waals surface area contributed by atoms with E-state index in [9.17, 15) is 0 Å². The third-order valence-corrected chi connectivity index (χ3v) is 2.11. The second-order valence-corrected chi connectivity index (χ2v) is 3.20. The zero-order valence-electron chi connectivity index (χ0n) is 9.01. The van der Waals surface area contributed by atoms with Gasteiger partial charge in [0.15, 0.2) is 7.28 Å². The van der Waals surface area contributed by atoms with Crippen molar-refractivity contribution in [1.82, 2.24) is 0 Å². The maximum absolute atomic E-state index is 2.33. The first-order valence-electron chi connectivity index (χ1n) is 4.73. The van der Waals surface area contributed by atoms with Crippen LogP contribution in [0.3, 0.4) is 0 Å². The molecule has 13 heavy (non-hydrogen) atoms. The van der Waals surface area contributed by atoms with Crippen LogP contribution in [0.5, 0.6) is 0 Å². The van der Waals surface area contributed by atoms with E-state index in [-0.39, 0.29) is 29.6 Å². The first-order valence-corrected chi connectivity index (χ1v) is 4.73. The Hall–Kier alpha value is 0.285. The van der Waals surface area contributed by atoms with E-state index in [4.69, 9.17) is 0 Å². The van der Waals surface area contributed by atoms with Crippen molar-refractivity contribution in [1.29, 1.82) is 0 Å². The fourth-order valence-electron chi connectivity index (χ4n) is 1.28. The number of rotatable bonds is 4. The van der Waals surface area contributed by atoms with Gasteiger partial charge in [-0.25, -0.2) is 0 Å². The van der Waals surface area contributed by atoms with Gasteiger partial charge in [-0.1, -0.05) is 61.4 Å². The van der Waals surface area contributed by atoms with E-state index in [1.165, 1.54) is 30.2 Å². The summed E-state index contributed by atoms with van der Waals surface area (Å²) >= 11 is 0. The molecule has 0 aromatic heterocycles. The molecule has 0 saturated heterocycles. The predicted molar refractivity (Wildman–Crippen MR) is 62.0 cm³/mol. The van der Waals surface area contributed by atoms with Crippen LogP contribution in [0.2, 0.25) is 6.32 Å². The van der Waals surface area contributed by atoms with Crippen molar-refractivity contribution in [2.75, 3.05) is 0 Å². The summed E-state index contributed by atoms with van der Waals surface area (Å²) in [4.78, 5) is 0. The van der Waals surface area contributed by atoms with Gasteiger partial charge in [0.1, 0.15) is 0 Å². The van der Waals surface area contributed by atoms with Gasteiger partial charge in [-0.05, 0) is 6.92 Å². The zero-order valence-corrected chi connectivity index (χ0v) is 11.0. The van der Waals surface area contributed by atoms with Gasteiger partial charge in [0.25, 0.3) is 0 Å². The maximum atomic E-state index is 2.33. The average Bonchev–Trinajstić information content (AvgIpc) is 2.09. The minimum absolute atomic E-state index is 0. The van der Waals surface area contributed by atoms with Crippen LogP contribution in [0.25, 0.3) is 0 Å². The van der Waals surface area contributed by atoms with Crippen LogP contribution in [0, 0.1) is 6.92 Å². The largest absolute Gasteiger partial charge is 0.151 e. The molecule has 1 rings (SSSR count). The first-order chi connectivity index (χ1) is 5.84. The molecule has 0 amide bonds. The Bertz CT molecular complexity index is 235. The van der Waals surface area contributed by atoms with E-state index in [1.807, 2.05) is 0 Å². The van der Waals surface area contributed by atoms with Crippen LogP contribution in [-0.2, 0) is 0 Å². The summed E-state index contributed by atoms with van der Waals surface area (Å²) in [5.74, 6) is 0. The van der Waals surface area contributed by atoms with Crippen LogP contribution in [-0.4, -0.2) is 36.8 Å². The van der Waals surface area contributed by atoms with Crippen LogP contribution < -0.4 is 5.46 Å². The molecule has 1 aromatic rings. The summed E-state index contributed by atoms with van der Waals surface area (Å²) in [6.07, 6.45) is 3.79. The molecule has 0 aliphatic carbocycles. The fraction of sp³-hybridized carbons (Fsp3) is 0.455. The normalized spacial score (nSPS) is 9.08. The van der Waals surface area contributed by atoms with Gasteiger partial charge in [0, 0.05) is 29.6 Å². The summed E-state index contributed by atoms with van der Waals surface area (Å²) in [5.41, 5.74) is 2.78. The van der Waals surface area contributed by atoms with E-state index in [0.717, 1.165) is 0 Å². The van der Waals surface area contributed by atoms with Gasteiger partial charge in [-0.2, -0.15) is 0 Å². The smallest absolute Gasteiger partial charge is 0.0849 e. The molecule has 0 fully saturated rings. The van der Waals surface area contributed by atoms with Crippen molar-refractivity contribution in [3.63, 3.8) is 0 Å². The third kappa shape index (κ3) is 4.90. The number of benzene rings is 1. The Labute approximate surface area is 105 Å². The summed E-state index contributed by atoms with van der Waals surface area (Å²) in [6.45, 7) is 4.39. The Morgan fingerprint density at radius 1 is 1.23 bits per heavy atom. The van der Waals surface area contributed by atoms with Crippen LogP contribution in [0.4, 0.5) is 0 Å². The summed E-state index contributed by atoms with van der Waals surface area (Å²) < 4.78 is 0. The standard InChI is InChI=1S/C11H16B.Na/c1-3-4-9-12-11-8-6-5-7-10(11)2;/h5-8H,3-4,9H2,1-2H3;. The van der Waals surface area contributed by atoms with Crippen molar-refractivity contribution in [3.05, 3.63) is 29.8 Å². The van der Waals surface area contributed by atoms with E-state index in [2.05, 4.69) is 45.4 Å². The zero-order chi connectivity index (χ0) is 8.81. The molecule has 2 radical (unpaired) electrons. The quantitative estimate of drug-likeness (QED) is 0.494. The van der Waals surface area contributed by atoms with E-state index >= 15 is 0 Å². The van der Waals surface area contributed by atoms with Crippen molar-refractivity contribution < 1.29 is 0 Å². The van der Waals surface area contributed by atoms with Gasteiger partial charge in [-0.15, -0.1) is 0 Å². The Kier molecular flexibility index (Phi) is 7.83. The molecular formula is C11H16BNa. The van der Waals surface area contributed by atoms with E-state index < -0.39 is 0 Å². The predicted octanol–water partition coefficient (Wildman–Crippen LogP) is 2.16.